The van der Waals surface area contributed by atoms with Gasteiger partial charge in [-0.3, -0.25) is 9.59 Å². The molecule has 18 heavy (non-hydrogen) atoms. The van der Waals surface area contributed by atoms with Crippen LogP contribution >= 0.6 is 0 Å². The van der Waals surface area contributed by atoms with E-state index in [9.17, 15) is 9.59 Å². The summed E-state index contributed by atoms with van der Waals surface area (Å²) in [5.74, 6) is -1.39. The number of hydrogen-bond acceptors (Lipinski definition) is 5. The molecule has 0 radical (unpaired) electrons. The maximum absolute atomic E-state index is 11.5. The molecule has 0 aliphatic carbocycles. The normalized spacial score (nSPS) is 12.7. The van der Waals surface area contributed by atoms with Gasteiger partial charge in [0.25, 0.3) is 0 Å². The molecular weight excluding hydrogens is 232 g/mol. The van der Waals surface area contributed by atoms with Crippen molar-refractivity contribution < 1.29 is 14.3 Å². The summed E-state index contributed by atoms with van der Waals surface area (Å²) in [6.07, 6.45) is 4.11. The molecule has 0 aliphatic heterocycles. The van der Waals surface area contributed by atoms with E-state index >= 15 is 0 Å². The number of carbonyl (C=O) groups is 2. The second-order valence-corrected chi connectivity index (χ2v) is 4.40. The van der Waals surface area contributed by atoms with Crippen molar-refractivity contribution >= 4 is 11.6 Å². The third-order valence-corrected chi connectivity index (χ3v) is 3.01. The first-order valence-electron chi connectivity index (χ1n) is 6.67. The second kappa shape index (κ2) is 10.2. The van der Waals surface area contributed by atoms with E-state index in [1.165, 1.54) is 0 Å². The molecule has 0 bridgehead atoms. The van der Waals surface area contributed by atoms with Crippen LogP contribution < -0.4 is 11.5 Å². The molecule has 0 spiro atoms. The molecule has 4 N–H and O–H groups in total. The van der Waals surface area contributed by atoms with Gasteiger partial charge < -0.3 is 16.2 Å². The average molecular weight is 258 g/mol. The van der Waals surface area contributed by atoms with Gasteiger partial charge in [-0.15, -0.1) is 0 Å². The topological polar surface area (TPSA) is 95.4 Å². The number of nitrogens with two attached hydrogens (primary N) is 2. The molecule has 0 amide bonds. The minimum Gasteiger partial charge on any atom is -0.377 e. The van der Waals surface area contributed by atoms with E-state index < -0.39 is 5.92 Å². The number of unbranched alkanes of at least 4 members (excludes halogenated alkanes) is 1. The number of rotatable bonds is 11. The Hall–Kier alpha value is -0.780. The largest absolute Gasteiger partial charge is 0.377 e. The molecule has 0 saturated heterocycles. The van der Waals surface area contributed by atoms with E-state index in [2.05, 4.69) is 6.92 Å². The average Bonchev–Trinajstić information content (AvgIpc) is 2.41. The lowest BCUT2D eigenvalue weighted by molar-refractivity contribution is -0.135. The third kappa shape index (κ3) is 6.23. The Kier molecular flexibility index (Phi) is 9.73. The number of ketones is 2. The summed E-state index contributed by atoms with van der Waals surface area (Å²) in [7, 11) is 0. The molecule has 0 saturated carbocycles. The first kappa shape index (κ1) is 17.2. The highest BCUT2D eigenvalue weighted by atomic mass is 16.5. The highest BCUT2D eigenvalue weighted by Crippen LogP contribution is 2.11. The van der Waals surface area contributed by atoms with Crippen LogP contribution in [0.3, 0.4) is 0 Å². The molecule has 0 heterocycles. The van der Waals surface area contributed by atoms with Gasteiger partial charge in [0.15, 0.2) is 11.6 Å². The lowest BCUT2D eigenvalue weighted by atomic mass is 9.99. The molecule has 5 nitrogen and oxygen atoms in total. The molecular formula is C13H26N2O3. The SMILES string of the molecule is CCCCC(CC)OCC(C(=O)CN)C(=O)CN. The van der Waals surface area contributed by atoms with Crippen molar-refractivity contribution in [3.05, 3.63) is 0 Å². The molecule has 1 unspecified atom stereocenters. The van der Waals surface area contributed by atoms with Crippen molar-refractivity contribution in [2.24, 2.45) is 17.4 Å². The van der Waals surface area contributed by atoms with Gasteiger partial charge in [-0.1, -0.05) is 26.7 Å². The summed E-state index contributed by atoms with van der Waals surface area (Å²) in [5, 5.41) is 0. The van der Waals surface area contributed by atoms with Gasteiger partial charge in [-0.25, -0.2) is 0 Å². The lowest BCUT2D eigenvalue weighted by Gasteiger charge is -2.19. The standard InChI is InChI=1S/C13H26N2O3/c1-3-5-6-10(4-2)18-9-11(12(16)7-14)13(17)8-15/h10-11H,3-9,14-15H2,1-2H3. The predicted octanol–water partition coefficient (Wildman–Crippen LogP) is 0.644. The van der Waals surface area contributed by atoms with Gasteiger partial charge in [0.05, 0.1) is 25.8 Å². The Bertz CT molecular complexity index is 241. The zero-order valence-electron chi connectivity index (χ0n) is 11.5. The highest BCUT2D eigenvalue weighted by Gasteiger charge is 2.25. The zero-order chi connectivity index (χ0) is 14.0. The van der Waals surface area contributed by atoms with E-state index in [4.69, 9.17) is 16.2 Å². The van der Waals surface area contributed by atoms with Crippen LogP contribution in [0.5, 0.6) is 0 Å². The maximum Gasteiger partial charge on any atom is 0.159 e. The Balaban J connectivity index is 4.31. The van der Waals surface area contributed by atoms with Crippen LogP contribution in [0.4, 0.5) is 0 Å². The van der Waals surface area contributed by atoms with Gasteiger partial charge in [-0.05, 0) is 12.8 Å². The smallest absolute Gasteiger partial charge is 0.159 e. The molecule has 0 aromatic heterocycles. The minimum atomic E-state index is -0.796. The number of hydrogen-bond donors (Lipinski definition) is 2. The van der Waals surface area contributed by atoms with Crippen molar-refractivity contribution in [3.8, 4) is 0 Å². The fraction of sp³-hybridized carbons (Fsp3) is 0.846. The van der Waals surface area contributed by atoms with Crippen LogP contribution in [0.1, 0.15) is 39.5 Å². The number of carbonyl (C=O) groups excluding carboxylic acids is 2. The van der Waals surface area contributed by atoms with Crippen LogP contribution in [0.25, 0.3) is 0 Å². The molecule has 1 atom stereocenters. The van der Waals surface area contributed by atoms with Crippen molar-refractivity contribution in [1.82, 2.24) is 0 Å². The van der Waals surface area contributed by atoms with Gasteiger partial charge in [0.2, 0.25) is 0 Å². The van der Waals surface area contributed by atoms with Gasteiger partial charge in [0.1, 0.15) is 5.92 Å². The van der Waals surface area contributed by atoms with Crippen LogP contribution in [0.2, 0.25) is 0 Å². The Morgan fingerprint density at radius 1 is 1.11 bits per heavy atom. The summed E-state index contributed by atoms with van der Waals surface area (Å²) in [5.41, 5.74) is 10.6. The number of ether oxygens (including phenoxy) is 1. The fourth-order valence-electron chi connectivity index (χ4n) is 1.72. The summed E-state index contributed by atoms with van der Waals surface area (Å²) in [4.78, 5) is 23.1. The maximum atomic E-state index is 11.5. The molecule has 5 heteroatoms. The van der Waals surface area contributed by atoms with Crippen LogP contribution in [-0.4, -0.2) is 37.4 Å². The zero-order valence-corrected chi connectivity index (χ0v) is 11.5. The first-order chi connectivity index (χ1) is 8.60. The van der Waals surface area contributed by atoms with Crippen LogP contribution in [0.15, 0.2) is 0 Å². The van der Waals surface area contributed by atoms with E-state index in [1.807, 2.05) is 6.92 Å². The lowest BCUT2D eigenvalue weighted by Crippen LogP contribution is -2.37. The van der Waals surface area contributed by atoms with Crippen LogP contribution in [0, 0.1) is 5.92 Å². The molecule has 0 aromatic rings. The molecule has 0 fully saturated rings. The van der Waals surface area contributed by atoms with Crippen molar-refractivity contribution in [2.45, 2.75) is 45.6 Å². The van der Waals surface area contributed by atoms with Crippen LogP contribution in [-0.2, 0) is 14.3 Å². The van der Waals surface area contributed by atoms with Gasteiger partial charge in [0, 0.05) is 0 Å². The Morgan fingerprint density at radius 2 is 1.67 bits per heavy atom. The quantitative estimate of drug-likeness (QED) is 0.530. The summed E-state index contributed by atoms with van der Waals surface area (Å²) in [6.45, 7) is 3.96. The van der Waals surface area contributed by atoms with Crippen molar-refractivity contribution in [1.29, 1.82) is 0 Å². The van der Waals surface area contributed by atoms with E-state index in [0.717, 1.165) is 25.7 Å². The molecule has 0 aromatic carbocycles. The van der Waals surface area contributed by atoms with E-state index in [0.29, 0.717) is 0 Å². The minimum absolute atomic E-state index is 0.101. The van der Waals surface area contributed by atoms with Crippen molar-refractivity contribution in [3.63, 3.8) is 0 Å². The monoisotopic (exact) mass is 258 g/mol. The Labute approximate surface area is 109 Å². The molecule has 106 valence electrons. The van der Waals surface area contributed by atoms with Gasteiger partial charge >= 0.3 is 0 Å². The summed E-state index contributed by atoms with van der Waals surface area (Å²) >= 11 is 0. The second-order valence-electron chi connectivity index (χ2n) is 4.40. The predicted molar refractivity (Wildman–Crippen MR) is 71.2 cm³/mol. The van der Waals surface area contributed by atoms with E-state index in [1.54, 1.807) is 0 Å². The molecule has 0 aliphatic rings. The highest BCUT2D eigenvalue weighted by molar-refractivity contribution is 6.04. The third-order valence-electron chi connectivity index (χ3n) is 3.01. The first-order valence-corrected chi connectivity index (χ1v) is 6.67. The van der Waals surface area contributed by atoms with Crippen molar-refractivity contribution in [2.75, 3.05) is 19.7 Å². The molecule has 0 rings (SSSR count). The number of Topliss-reactive ketones (excluding diaryl/α,β-unsaturated/α-hetero) is 2. The Morgan fingerprint density at radius 3 is 2.06 bits per heavy atom. The summed E-state index contributed by atoms with van der Waals surface area (Å²) in [6, 6.07) is 0. The van der Waals surface area contributed by atoms with E-state index in [-0.39, 0.29) is 37.4 Å². The van der Waals surface area contributed by atoms with Gasteiger partial charge in [-0.2, -0.15) is 0 Å². The fourth-order valence-corrected chi connectivity index (χ4v) is 1.72. The summed E-state index contributed by atoms with van der Waals surface area (Å²) < 4.78 is 5.65.